The molecule has 2 aliphatic rings. The molecule has 1 aromatic carbocycles. The fourth-order valence-corrected chi connectivity index (χ4v) is 4.00. The summed E-state index contributed by atoms with van der Waals surface area (Å²) >= 11 is 3.55. The third-order valence-electron chi connectivity index (χ3n) is 5.46. The molecular weight excluding hydrogens is 378 g/mol. The number of aromatic nitrogens is 1. The van der Waals surface area contributed by atoms with Gasteiger partial charge in [0.1, 0.15) is 5.82 Å². The molecule has 2 aromatic rings. The number of carbonyl (C=O) groups excluding carboxylic acids is 1. The number of halogens is 1. The van der Waals surface area contributed by atoms with Crippen molar-refractivity contribution in [3.8, 4) is 0 Å². The van der Waals surface area contributed by atoms with Crippen molar-refractivity contribution in [2.24, 2.45) is 5.41 Å². The number of hydrogen-bond acceptors (Lipinski definition) is 3. The molecule has 1 saturated carbocycles. The molecule has 2 fully saturated rings. The van der Waals surface area contributed by atoms with Crippen LogP contribution in [-0.4, -0.2) is 24.0 Å². The minimum absolute atomic E-state index is 0.104. The SMILES string of the molecule is Cc1cccc(NC(=O)c2ccc(Br)cc2N2CCC3(CC2)CC3)n1. The average Bonchev–Trinajstić information content (AvgIpc) is 3.34. The summed E-state index contributed by atoms with van der Waals surface area (Å²) in [7, 11) is 0. The molecule has 130 valence electrons. The van der Waals surface area contributed by atoms with E-state index in [9.17, 15) is 4.79 Å². The number of aryl methyl sites for hydroxylation is 1. The van der Waals surface area contributed by atoms with Gasteiger partial charge in [-0.15, -0.1) is 0 Å². The molecule has 25 heavy (non-hydrogen) atoms. The Labute approximate surface area is 156 Å². The molecule has 0 radical (unpaired) electrons. The lowest BCUT2D eigenvalue weighted by Crippen LogP contribution is -2.35. The normalized spacial score (nSPS) is 18.2. The van der Waals surface area contributed by atoms with E-state index in [1.807, 2.05) is 37.3 Å². The van der Waals surface area contributed by atoms with Gasteiger partial charge >= 0.3 is 0 Å². The van der Waals surface area contributed by atoms with Crippen LogP contribution in [0.1, 0.15) is 41.7 Å². The number of nitrogens with one attached hydrogen (secondary N) is 1. The van der Waals surface area contributed by atoms with Crippen molar-refractivity contribution in [1.29, 1.82) is 0 Å². The van der Waals surface area contributed by atoms with Crippen LogP contribution in [0.3, 0.4) is 0 Å². The van der Waals surface area contributed by atoms with Crippen LogP contribution < -0.4 is 10.2 Å². The molecule has 1 saturated heterocycles. The van der Waals surface area contributed by atoms with Crippen LogP contribution in [0.2, 0.25) is 0 Å². The maximum absolute atomic E-state index is 12.8. The number of amides is 1. The monoisotopic (exact) mass is 399 g/mol. The van der Waals surface area contributed by atoms with E-state index in [4.69, 9.17) is 0 Å². The topological polar surface area (TPSA) is 45.2 Å². The summed E-state index contributed by atoms with van der Waals surface area (Å²) < 4.78 is 0.999. The zero-order valence-electron chi connectivity index (χ0n) is 14.4. The predicted octanol–water partition coefficient (Wildman–Crippen LogP) is 4.79. The maximum atomic E-state index is 12.8. The second-order valence-electron chi connectivity index (χ2n) is 7.27. The fourth-order valence-electron chi connectivity index (χ4n) is 3.65. The first kappa shape index (κ1) is 16.6. The van der Waals surface area contributed by atoms with Crippen LogP contribution in [0.5, 0.6) is 0 Å². The summed E-state index contributed by atoms with van der Waals surface area (Å²) in [5.41, 5.74) is 3.23. The van der Waals surface area contributed by atoms with Gasteiger partial charge in [-0.3, -0.25) is 4.79 Å². The smallest absolute Gasteiger partial charge is 0.258 e. The van der Waals surface area contributed by atoms with Gasteiger partial charge in [-0.2, -0.15) is 0 Å². The van der Waals surface area contributed by atoms with Crippen LogP contribution >= 0.6 is 15.9 Å². The van der Waals surface area contributed by atoms with Gasteiger partial charge in [0, 0.05) is 23.3 Å². The number of piperidine rings is 1. The Morgan fingerprint density at radius 1 is 1.16 bits per heavy atom. The number of rotatable bonds is 3. The lowest BCUT2D eigenvalue weighted by Gasteiger charge is -2.35. The van der Waals surface area contributed by atoms with Gasteiger partial charge in [-0.05, 0) is 68.4 Å². The van der Waals surface area contributed by atoms with Gasteiger partial charge < -0.3 is 10.2 Å². The highest BCUT2D eigenvalue weighted by Gasteiger charge is 2.44. The van der Waals surface area contributed by atoms with Crippen LogP contribution in [0, 0.1) is 12.3 Å². The van der Waals surface area contributed by atoms with Crippen molar-refractivity contribution in [2.45, 2.75) is 32.6 Å². The van der Waals surface area contributed by atoms with Gasteiger partial charge in [0.15, 0.2) is 0 Å². The first-order chi connectivity index (χ1) is 12.0. The number of nitrogens with zero attached hydrogens (tertiary/aromatic N) is 2. The van der Waals surface area contributed by atoms with Crippen LogP contribution in [0.4, 0.5) is 11.5 Å². The molecule has 1 amide bonds. The molecule has 4 rings (SSSR count). The van der Waals surface area contributed by atoms with E-state index in [1.165, 1.54) is 25.7 Å². The van der Waals surface area contributed by atoms with Gasteiger partial charge in [0.25, 0.3) is 5.91 Å². The molecule has 1 N–H and O–H groups in total. The summed E-state index contributed by atoms with van der Waals surface area (Å²) in [5, 5.41) is 2.93. The summed E-state index contributed by atoms with van der Waals surface area (Å²) in [6, 6.07) is 11.5. The molecular formula is C20H22BrN3O. The Balaban J connectivity index is 1.57. The first-order valence-corrected chi connectivity index (χ1v) is 9.64. The molecule has 4 nitrogen and oxygen atoms in total. The van der Waals surface area contributed by atoms with E-state index < -0.39 is 0 Å². The van der Waals surface area contributed by atoms with Gasteiger partial charge in [0.2, 0.25) is 0 Å². The van der Waals surface area contributed by atoms with Crippen molar-refractivity contribution < 1.29 is 4.79 Å². The van der Waals surface area contributed by atoms with Gasteiger partial charge in [-0.25, -0.2) is 4.98 Å². The third kappa shape index (κ3) is 3.56. The molecule has 0 unspecified atom stereocenters. The van der Waals surface area contributed by atoms with Crippen molar-refractivity contribution in [3.63, 3.8) is 0 Å². The van der Waals surface area contributed by atoms with E-state index in [-0.39, 0.29) is 5.91 Å². The maximum Gasteiger partial charge on any atom is 0.258 e. The van der Waals surface area contributed by atoms with Crippen LogP contribution in [0.25, 0.3) is 0 Å². The average molecular weight is 400 g/mol. The van der Waals surface area contributed by atoms with Gasteiger partial charge in [-0.1, -0.05) is 22.0 Å². The van der Waals surface area contributed by atoms with E-state index in [1.54, 1.807) is 0 Å². The minimum Gasteiger partial charge on any atom is -0.371 e. The second-order valence-corrected chi connectivity index (χ2v) is 8.18. The molecule has 2 heterocycles. The molecule has 1 aliphatic carbocycles. The zero-order valence-corrected chi connectivity index (χ0v) is 16.0. The number of benzene rings is 1. The quantitative estimate of drug-likeness (QED) is 0.806. The van der Waals surface area contributed by atoms with Crippen LogP contribution in [-0.2, 0) is 0 Å². The molecule has 5 heteroatoms. The minimum atomic E-state index is -0.104. The predicted molar refractivity (Wildman–Crippen MR) is 104 cm³/mol. The molecule has 0 bridgehead atoms. The van der Waals surface area contributed by atoms with E-state index in [0.29, 0.717) is 16.8 Å². The van der Waals surface area contributed by atoms with Crippen molar-refractivity contribution in [3.05, 3.63) is 52.1 Å². The second kappa shape index (κ2) is 6.45. The standard InChI is InChI=1S/C20H22BrN3O/c1-14-3-2-4-18(22-14)23-19(25)16-6-5-15(21)13-17(16)24-11-9-20(7-8-20)10-12-24/h2-6,13H,7-12H2,1H3,(H,22,23,25). The largest absolute Gasteiger partial charge is 0.371 e. The van der Waals surface area contributed by atoms with Crippen molar-refractivity contribution in [1.82, 2.24) is 4.98 Å². The van der Waals surface area contributed by atoms with Gasteiger partial charge in [0.05, 0.1) is 11.3 Å². The summed E-state index contributed by atoms with van der Waals surface area (Å²) in [6.07, 6.45) is 5.23. The Morgan fingerprint density at radius 2 is 1.92 bits per heavy atom. The Hall–Kier alpha value is -1.88. The Bertz CT molecular complexity index is 806. The zero-order chi connectivity index (χ0) is 17.4. The highest BCUT2D eigenvalue weighted by atomic mass is 79.9. The van der Waals surface area contributed by atoms with E-state index in [0.717, 1.165) is 28.9 Å². The summed E-state index contributed by atoms with van der Waals surface area (Å²) in [4.78, 5) is 19.6. The number of carbonyl (C=O) groups is 1. The van der Waals surface area contributed by atoms with E-state index in [2.05, 4.69) is 37.2 Å². The molecule has 1 aliphatic heterocycles. The third-order valence-corrected chi connectivity index (χ3v) is 5.95. The highest BCUT2D eigenvalue weighted by Crippen LogP contribution is 2.54. The van der Waals surface area contributed by atoms with E-state index >= 15 is 0 Å². The Morgan fingerprint density at radius 3 is 2.60 bits per heavy atom. The number of hydrogen-bond donors (Lipinski definition) is 1. The van der Waals surface area contributed by atoms with Crippen molar-refractivity contribution in [2.75, 3.05) is 23.3 Å². The molecule has 0 atom stereocenters. The molecule has 1 aromatic heterocycles. The summed E-state index contributed by atoms with van der Waals surface area (Å²) in [6.45, 7) is 3.97. The summed E-state index contributed by atoms with van der Waals surface area (Å²) in [5.74, 6) is 0.488. The highest BCUT2D eigenvalue weighted by molar-refractivity contribution is 9.10. The van der Waals surface area contributed by atoms with Crippen molar-refractivity contribution >= 4 is 33.3 Å². The lowest BCUT2D eigenvalue weighted by atomic mass is 9.93. The molecule has 1 spiro atoms. The lowest BCUT2D eigenvalue weighted by molar-refractivity contribution is 0.102. The first-order valence-electron chi connectivity index (χ1n) is 8.84. The number of anilines is 2. The fraction of sp³-hybridized carbons (Fsp3) is 0.400. The Kier molecular flexibility index (Phi) is 4.28. The van der Waals surface area contributed by atoms with Crippen LogP contribution in [0.15, 0.2) is 40.9 Å². The number of pyridine rings is 1.